The first kappa shape index (κ1) is 81.7. The molecule has 6 heteroatoms. The summed E-state index contributed by atoms with van der Waals surface area (Å²) < 4.78 is 18.9. The van der Waals surface area contributed by atoms with Gasteiger partial charge in [-0.2, -0.15) is 0 Å². The number of hydrogen-bond donors (Lipinski definition) is 0. The van der Waals surface area contributed by atoms with Gasteiger partial charge in [-0.3, -0.25) is 0 Å². The van der Waals surface area contributed by atoms with Crippen LogP contribution in [0.1, 0.15) is 74.9 Å². The molecular formula is C135H93N3O3. The van der Waals surface area contributed by atoms with Crippen molar-refractivity contribution < 1.29 is 13.3 Å². The van der Waals surface area contributed by atoms with Gasteiger partial charge < -0.3 is 28.0 Å². The van der Waals surface area contributed by atoms with Gasteiger partial charge in [0, 0.05) is 98.8 Å². The Balaban J connectivity index is 0.558. The zero-order valence-electron chi connectivity index (χ0n) is 78.9. The summed E-state index contributed by atoms with van der Waals surface area (Å²) in [5.41, 5.74) is 43.3. The Morgan fingerprint density at radius 3 is 0.652 bits per heavy atom. The molecule has 0 atom stereocenters. The predicted molar refractivity (Wildman–Crippen MR) is 590 cm³/mol. The summed E-state index contributed by atoms with van der Waals surface area (Å²) in [5, 5.41) is 13.8. The molecular weight excluding hydrogens is 1710 g/mol. The van der Waals surface area contributed by atoms with Crippen LogP contribution >= 0.6 is 0 Å². The molecule has 3 aromatic heterocycles. The Kier molecular flexibility index (Phi) is 18.1. The lowest BCUT2D eigenvalue weighted by atomic mass is 9.81. The van der Waals surface area contributed by atoms with Crippen molar-refractivity contribution in [3.63, 3.8) is 0 Å². The molecule has 28 rings (SSSR count). The van der Waals surface area contributed by atoms with Crippen LogP contribution in [0.15, 0.2) is 468 Å². The van der Waals surface area contributed by atoms with Gasteiger partial charge in [0.05, 0.1) is 17.1 Å². The molecule has 0 spiro atoms. The molecule has 0 unspecified atom stereocenters. The van der Waals surface area contributed by atoms with Crippen molar-refractivity contribution in [2.75, 3.05) is 14.7 Å². The van der Waals surface area contributed by atoms with E-state index in [2.05, 4.69) is 493 Å². The molecule has 0 saturated heterocycles. The number of furan rings is 3. The predicted octanol–water partition coefficient (Wildman–Crippen LogP) is 38.2. The zero-order chi connectivity index (χ0) is 93.8. The van der Waals surface area contributed by atoms with Crippen LogP contribution in [0.4, 0.5) is 51.2 Å². The van der Waals surface area contributed by atoms with Crippen LogP contribution in [0.2, 0.25) is 0 Å². The van der Waals surface area contributed by atoms with Crippen LogP contribution in [-0.2, 0) is 16.2 Å². The van der Waals surface area contributed by atoms with E-state index >= 15 is 0 Å². The van der Waals surface area contributed by atoms with Gasteiger partial charge in [-0.1, -0.05) is 315 Å². The van der Waals surface area contributed by atoms with E-state index in [4.69, 9.17) is 13.3 Å². The summed E-state index contributed by atoms with van der Waals surface area (Å²) >= 11 is 0. The Labute approximate surface area is 817 Å². The third-order valence-corrected chi connectivity index (χ3v) is 31.2. The number of anilines is 9. The topological polar surface area (TPSA) is 49.1 Å². The van der Waals surface area contributed by atoms with Gasteiger partial charge in [-0.05, 0) is 332 Å². The second-order valence-electron chi connectivity index (χ2n) is 40.2. The minimum atomic E-state index is -0.321. The number of fused-ring (bicyclic) bond motifs is 21. The summed E-state index contributed by atoms with van der Waals surface area (Å²) in [4.78, 5) is 7.43. The van der Waals surface area contributed by atoms with E-state index < -0.39 is 0 Å². The average molecular weight is 1810 g/mol. The fourth-order valence-corrected chi connectivity index (χ4v) is 23.9. The van der Waals surface area contributed by atoms with E-state index in [1.165, 1.54) is 132 Å². The van der Waals surface area contributed by atoms with Gasteiger partial charge in [-0.25, -0.2) is 0 Å². The van der Waals surface area contributed by atoms with Crippen LogP contribution < -0.4 is 14.7 Å². The minimum Gasteiger partial charge on any atom is -0.456 e. The Morgan fingerprint density at radius 2 is 0.362 bits per heavy atom. The van der Waals surface area contributed by atoms with Crippen molar-refractivity contribution in [2.24, 2.45) is 0 Å². The minimum absolute atomic E-state index is 0.321. The first-order valence-corrected chi connectivity index (χ1v) is 49.0. The number of benzene rings is 22. The van der Waals surface area contributed by atoms with E-state index in [9.17, 15) is 0 Å². The molecule has 0 radical (unpaired) electrons. The van der Waals surface area contributed by atoms with E-state index in [0.29, 0.717) is 0 Å². The van der Waals surface area contributed by atoms with Crippen molar-refractivity contribution in [3.05, 3.63) is 488 Å². The van der Waals surface area contributed by atoms with Crippen LogP contribution in [-0.4, -0.2) is 0 Å². The standard InChI is InChI=1S/C135H93N3O3/c1-133(2)118-76-91(88-49-67-130-115(73-88)112-31-13-16-37-127(112)139-130)46-61-106(118)109-64-58-100(79-121(109)133)136(124-34-19-25-85-22-7-10-28-103(85)124)97-52-40-82(41-53-97)94-70-95(83-42-54-98(55-43-83)137(125-35-20-26-86-23-8-11-29-104(86)125)101-59-65-110-107-62-47-92(77-119(107)134(3,4)122(110)80-101)89-50-68-131-116(74-89)113-32-14-17-38-128(113)140-131)72-96(71-94)84-44-56-99(57-45-84)138(126-36-21-27-87-24-9-12-30-105(87)126)102-60-66-111-108-63-48-93(78-120(108)135(5,6)123(111)81-102)90-51-69-132-117(75-90)114-33-15-18-39-129(114)141-132/h7-81H,1-6H3. The monoisotopic (exact) mass is 1800 g/mol. The molecule has 0 fully saturated rings. The van der Waals surface area contributed by atoms with Crippen LogP contribution in [0.25, 0.3) is 198 Å². The highest BCUT2D eigenvalue weighted by Crippen LogP contribution is 2.58. The van der Waals surface area contributed by atoms with Gasteiger partial charge in [0.1, 0.15) is 33.5 Å². The van der Waals surface area contributed by atoms with Crippen molar-refractivity contribution in [1.82, 2.24) is 0 Å². The van der Waals surface area contributed by atoms with Crippen molar-refractivity contribution in [1.29, 1.82) is 0 Å². The number of nitrogens with zero attached hydrogens (tertiary/aromatic N) is 3. The Bertz CT molecular complexity index is 8650. The van der Waals surface area contributed by atoms with Crippen LogP contribution in [0.3, 0.4) is 0 Å². The van der Waals surface area contributed by atoms with E-state index in [1.54, 1.807) is 0 Å². The quantitative estimate of drug-likeness (QED) is 0.102. The molecule has 3 aliphatic carbocycles. The molecule has 3 heterocycles. The zero-order valence-corrected chi connectivity index (χ0v) is 78.9. The van der Waals surface area contributed by atoms with Crippen molar-refractivity contribution in [2.45, 2.75) is 57.8 Å². The maximum absolute atomic E-state index is 6.31. The third-order valence-electron chi connectivity index (χ3n) is 31.2. The Hall–Kier alpha value is -17.6. The molecule has 3 aliphatic rings. The fraction of sp³-hybridized carbons (Fsp3) is 0.0667. The van der Waals surface area contributed by atoms with Crippen molar-refractivity contribution >= 4 is 149 Å². The number of rotatable bonds is 15. The van der Waals surface area contributed by atoms with E-state index in [0.717, 1.165) is 150 Å². The van der Waals surface area contributed by atoms with Crippen LogP contribution in [0, 0.1) is 0 Å². The van der Waals surface area contributed by atoms with E-state index in [-0.39, 0.29) is 16.2 Å². The molecule has 22 aromatic carbocycles. The van der Waals surface area contributed by atoms with Crippen molar-refractivity contribution in [3.8, 4) is 100 Å². The molecule has 6 nitrogen and oxygen atoms in total. The maximum atomic E-state index is 6.31. The lowest BCUT2D eigenvalue weighted by molar-refractivity contribution is 0.660. The molecule has 141 heavy (non-hydrogen) atoms. The van der Waals surface area contributed by atoms with Gasteiger partial charge in [-0.15, -0.1) is 0 Å². The average Bonchev–Trinajstić information content (AvgIpc) is 1.57. The van der Waals surface area contributed by atoms with Gasteiger partial charge in [0.15, 0.2) is 0 Å². The SMILES string of the molecule is CC1(C)c2cc(-c3ccc4oc5ccccc5c4c3)ccc2-c2ccc(N(c3ccc(-c4cc(-c5ccc(N(c6ccc7c(c6)C(C)(C)c6cc(-c8ccc9oc%10ccccc%10c9c8)ccc6-7)c6cccc7ccccc67)cc5)cc(-c5ccc(N(c6ccc7c(c6)C(C)(C)c6cc(-c8ccc9oc%10ccccc%10c9c8)ccc6-7)c6cccc7ccccc67)cc5)c4)cc3)c3cccc4ccccc34)cc21. The molecule has 0 bridgehead atoms. The molecule has 666 valence electrons. The second-order valence-corrected chi connectivity index (χ2v) is 40.2. The van der Waals surface area contributed by atoms with Crippen LogP contribution in [0.5, 0.6) is 0 Å². The highest BCUT2D eigenvalue weighted by molar-refractivity contribution is 6.11. The Morgan fingerprint density at radius 1 is 0.149 bits per heavy atom. The van der Waals surface area contributed by atoms with Gasteiger partial charge >= 0.3 is 0 Å². The summed E-state index contributed by atoms with van der Waals surface area (Å²) in [5.74, 6) is 0. The molecule has 25 aromatic rings. The fourth-order valence-electron chi connectivity index (χ4n) is 23.9. The van der Waals surface area contributed by atoms with Gasteiger partial charge in [0.25, 0.3) is 0 Å². The normalized spacial score (nSPS) is 13.5. The smallest absolute Gasteiger partial charge is 0.135 e. The second kappa shape index (κ2) is 31.2. The highest BCUT2D eigenvalue weighted by Gasteiger charge is 2.41. The summed E-state index contributed by atoms with van der Waals surface area (Å²) in [7, 11) is 0. The van der Waals surface area contributed by atoms with Gasteiger partial charge in [0.2, 0.25) is 0 Å². The third kappa shape index (κ3) is 13.0. The highest BCUT2D eigenvalue weighted by atomic mass is 16.3. The molecule has 0 saturated carbocycles. The van der Waals surface area contributed by atoms with E-state index in [1.807, 2.05) is 18.2 Å². The molecule has 0 N–H and O–H groups in total. The summed E-state index contributed by atoms with van der Waals surface area (Å²) in [6.45, 7) is 14.4. The molecule has 0 aliphatic heterocycles. The lowest BCUT2D eigenvalue weighted by Crippen LogP contribution is -2.17. The largest absolute Gasteiger partial charge is 0.456 e. The first-order valence-electron chi connectivity index (χ1n) is 49.0. The number of hydrogen-bond acceptors (Lipinski definition) is 6. The maximum Gasteiger partial charge on any atom is 0.135 e. The number of para-hydroxylation sites is 3. The summed E-state index contributed by atoms with van der Waals surface area (Å²) in [6.07, 6.45) is 0. The lowest BCUT2D eigenvalue weighted by Gasteiger charge is -2.29. The first-order chi connectivity index (χ1) is 69.1. The summed E-state index contributed by atoms with van der Waals surface area (Å²) in [6, 6.07) is 169. The molecule has 0 amide bonds.